The Morgan fingerprint density at radius 2 is 2.00 bits per heavy atom. The number of fused-ring (bicyclic) bond motifs is 1. The molecule has 0 aromatic carbocycles. The fourth-order valence-electron chi connectivity index (χ4n) is 3.54. The Labute approximate surface area is 152 Å². The van der Waals surface area contributed by atoms with Crippen molar-refractivity contribution in [1.29, 1.82) is 0 Å². The van der Waals surface area contributed by atoms with Gasteiger partial charge in [0.25, 0.3) is 0 Å². The van der Waals surface area contributed by atoms with Crippen molar-refractivity contribution in [2.24, 2.45) is 7.05 Å². The Bertz CT molecular complexity index is 892. The zero-order valence-corrected chi connectivity index (χ0v) is 15.5. The predicted octanol–water partition coefficient (Wildman–Crippen LogP) is 1.71. The quantitative estimate of drug-likeness (QED) is 0.767. The van der Waals surface area contributed by atoms with Crippen LogP contribution < -0.4 is 4.90 Å². The molecule has 0 atom stereocenters. The highest BCUT2D eigenvalue weighted by Gasteiger charge is 2.34. The summed E-state index contributed by atoms with van der Waals surface area (Å²) in [6, 6.07) is 0. The average molecular weight is 355 g/mol. The summed E-state index contributed by atoms with van der Waals surface area (Å²) >= 11 is 0. The van der Waals surface area contributed by atoms with Crippen LogP contribution in [0.4, 0.5) is 5.82 Å². The van der Waals surface area contributed by atoms with Gasteiger partial charge in [0.15, 0.2) is 5.65 Å². The number of hydrogen-bond acceptors (Lipinski definition) is 6. The lowest BCUT2D eigenvalue weighted by Gasteiger charge is -2.39. The fourth-order valence-corrected chi connectivity index (χ4v) is 3.54. The van der Waals surface area contributed by atoms with E-state index < -0.39 is 5.60 Å². The Hall–Kier alpha value is -2.48. The maximum Gasteiger partial charge on any atom is 0.163 e. The number of imidazole rings is 1. The van der Waals surface area contributed by atoms with Crippen LogP contribution in [0.1, 0.15) is 38.4 Å². The van der Waals surface area contributed by atoms with Gasteiger partial charge in [0.1, 0.15) is 11.6 Å². The van der Waals surface area contributed by atoms with E-state index in [9.17, 15) is 5.11 Å². The molecule has 0 spiro atoms. The highest BCUT2D eigenvalue weighted by atomic mass is 16.3. The van der Waals surface area contributed by atoms with Crippen LogP contribution in [0.25, 0.3) is 11.0 Å². The van der Waals surface area contributed by atoms with Gasteiger partial charge in [0, 0.05) is 38.4 Å². The Kier molecular flexibility index (Phi) is 4.14. The molecule has 8 heteroatoms. The van der Waals surface area contributed by atoms with Crippen molar-refractivity contribution in [3.05, 3.63) is 30.7 Å². The summed E-state index contributed by atoms with van der Waals surface area (Å²) in [5.74, 6) is 2.00. The number of rotatable bonds is 4. The molecule has 1 fully saturated rings. The summed E-state index contributed by atoms with van der Waals surface area (Å²) in [5.41, 5.74) is 0.150. The van der Waals surface area contributed by atoms with Crippen molar-refractivity contribution in [1.82, 2.24) is 29.3 Å². The van der Waals surface area contributed by atoms with Crippen molar-refractivity contribution >= 4 is 16.9 Å². The molecule has 138 valence electrons. The van der Waals surface area contributed by atoms with E-state index in [0.717, 1.165) is 35.8 Å². The van der Waals surface area contributed by atoms with E-state index in [0.29, 0.717) is 19.4 Å². The van der Waals surface area contributed by atoms with E-state index in [-0.39, 0.29) is 5.92 Å². The van der Waals surface area contributed by atoms with Gasteiger partial charge in [-0.25, -0.2) is 15.0 Å². The fraction of sp³-hybridized carbons (Fsp3) is 0.556. The van der Waals surface area contributed by atoms with E-state index in [4.69, 9.17) is 4.98 Å². The maximum absolute atomic E-state index is 10.9. The van der Waals surface area contributed by atoms with Gasteiger partial charge in [0.05, 0.1) is 30.1 Å². The minimum atomic E-state index is -0.709. The molecule has 1 aliphatic rings. The van der Waals surface area contributed by atoms with E-state index in [1.807, 2.05) is 24.0 Å². The minimum Gasteiger partial charge on any atom is -0.388 e. The predicted molar refractivity (Wildman–Crippen MR) is 99.0 cm³/mol. The summed E-state index contributed by atoms with van der Waals surface area (Å²) < 4.78 is 3.74. The standard InChI is InChI=1S/C18H25N7O/c1-13(2)15-21-16-14(10-20-23(16)3)17(22-15)25-7-4-18(26,5-8-25)11-24-9-6-19-12-24/h6,9-10,12-13,26H,4-5,7-8,11H2,1-3H3. The van der Waals surface area contributed by atoms with Crippen molar-refractivity contribution < 1.29 is 5.11 Å². The van der Waals surface area contributed by atoms with Gasteiger partial charge in [-0.3, -0.25) is 4.68 Å². The van der Waals surface area contributed by atoms with Gasteiger partial charge in [-0.1, -0.05) is 13.8 Å². The molecule has 0 bridgehead atoms. The van der Waals surface area contributed by atoms with Crippen LogP contribution in [0, 0.1) is 0 Å². The number of aryl methyl sites for hydroxylation is 1. The van der Waals surface area contributed by atoms with Gasteiger partial charge in [-0.05, 0) is 12.8 Å². The summed E-state index contributed by atoms with van der Waals surface area (Å²) in [4.78, 5) is 15.8. The van der Waals surface area contributed by atoms with Gasteiger partial charge < -0.3 is 14.6 Å². The first-order valence-electron chi connectivity index (χ1n) is 9.08. The Morgan fingerprint density at radius 1 is 1.23 bits per heavy atom. The van der Waals surface area contributed by atoms with Crippen molar-refractivity contribution in [3.63, 3.8) is 0 Å². The van der Waals surface area contributed by atoms with Crippen molar-refractivity contribution in [2.75, 3.05) is 18.0 Å². The summed E-state index contributed by atoms with van der Waals surface area (Å²) in [5, 5.41) is 16.3. The van der Waals surface area contributed by atoms with Crippen LogP contribution >= 0.6 is 0 Å². The van der Waals surface area contributed by atoms with Gasteiger partial charge in [-0.15, -0.1) is 0 Å². The maximum atomic E-state index is 10.9. The molecule has 0 amide bonds. The highest BCUT2D eigenvalue weighted by Crippen LogP contribution is 2.31. The number of hydrogen-bond donors (Lipinski definition) is 1. The first-order chi connectivity index (χ1) is 12.5. The molecular formula is C18H25N7O. The number of aromatic nitrogens is 6. The molecule has 0 unspecified atom stereocenters. The number of anilines is 1. The van der Waals surface area contributed by atoms with E-state index in [1.54, 1.807) is 17.2 Å². The normalized spacial score (nSPS) is 17.3. The molecule has 4 heterocycles. The molecule has 3 aromatic heterocycles. The zero-order chi connectivity index (χ0) is 18.3. The molecule has 1 saturated heterocycles. The lowest BCUT2D eigenvalue weighted by Crippen LogP contribution is -2.47. The molecule has 0 radical (unpaired) electrons. The Morgan fingerprint density at radius 3 is 2.65 bits per heavy atom. The largest absolute Gasteiger partial charge is 0.388 e. The lowest BCUT2D eigenvalue weighted by molar-refractivity contribution is -0.000147. The summed E-state index contributed by atoms with van der Waals surface area (Å²) in [7, 11) is 1.91. The third-order valence-corrected chi connectivity index (χ3v) is 5.14. The molecular weight excluding hydrogens is 330 g/mol. The number of aliphatic hydroxyl groups is 1. The number of nitrogens with zero attached hydrogens (tertiary/aromatic N) is 7. The van der Waals surface area contributed by atoms with Gasteiger partial charge in [-0.2, -0.15) is 5.10 Å². The molecule has 0 aliphatic carbocycles. The smallest absolute Gasteiger partial charge is 0.163 e. The average Bonchev–Trinajstić information content (AvgIpc) is 3.25. The van der Waals surface area contributed by atoms with Crippen LogP contribution in [0.15, 0.2) is 24.9 Å². The molecule has 4 rings (SSSR count). The topological polar surface area (TPSA) is 84.9 Å². The second-order valence-corrected chi connectivity index (χ2v) is 7.51. The molecule has 1 N–H and O–H groups in total. The zero-order valence-electron chi connectivity index (χ0n) is 15.5. The second kappa shape index (κ2) is 6.35. The Balaban J connectivity index is 1.59. The van der Waals surface area contributed by atoms with Gasteiger partial charge in [0.2, 0.25) is 0 Å². The highest BCUT2D eigenvalue weighted by molar-refractivity contribution is 5.87. The van der Waals surface area contributed by atoms with Crippen molar-refractivity contribution in [2.45, 2.75) is 44.8 Å². The molecule has 8 nitrogen and oxygen atoms in total. The third-order valence-electron chi connectivity index (χ3n) is 5.14. The van der Waals surface area contributed by atoms with Crippen LogP contribution in [0.5, 0.6) is 0 Å². The van der Waals surface area contributed by atoms with Crippen LogP contribution in [-0.4, -0.2) is 53.1 Å². The van der Waals surface area contributed by atoms with Crippen molar-refractivity contribution in [3.8, 4) is 0 Å². The molecule has 0 saturated carbocycles. The molecule has 26 heavy (non-hydrogen) atoms. The van der Waals surface area contributed by atoms with Crippen LogP contribution in [0.3, 0.4) is 0 Å². The first kappa shape index (κ1) is 17.0. The SMILES string of the molecule is CC(C)c1nc(N2CCC(O)(Cn3ccnc3)CC2)c2cnn(C)c2n1. The third kappa shape index (κ3) is 3.05. The van der Waals surface area contributed by atoms with E-state index in [1.165, 1.54) is 0 Å². The number of piperidine rings is 1. The summed E-state index contributed by atoms with van der Waals surface area (Å²) in [6.07, 6.45) is 8.60. The first-order valence-corrected chi connectivity index (χ1v) is 9.08. The molecule has 1 aliphatic heterocycles. The van der Waals surface area contributed by atoms with E-state index >= 15 is 0 Å². The van der Waals surface area contributed by atoms with E-state index in [2.05, 4.69) is 33.8 Å². The monoisotopic (exact) mass is 355 g/mol. The minimum absolute atomic E-state index is 0.246. The summed E-state index contributed by atoms with van der Waals surface area (Å²) in [6.45, 7) is 6.28. The second-order valence-electron chi connectivity index (χ2n) is 7.51. The molecule has 3 aromatic rings. The van der Waals surface area contributed by atoms with Crippen LogP contribution in [-0.2, 0) is 13.6 Å². The van der Waals surface area contributed by atoms with Gasteiger partial charge >= 0.3 is 0 Å². The lowest BCUT2D eigenvalue weighted by atomic mass is 9.91. The van der Waals surface area contributed by atoms with Crippen LogP contribution in [0.2, 0.25) is 0 Å².